The molecular formula is C45H52N6O7. The highest BCUT2D eigenvalue weighted by Gasteiger charge is 2.24. The normalized spacial score (nSPS) is 13.8. The highest BCUT2D eigenvalue weighted by molar-refractivity contribution is 5.92. The number of hydrogen-bond acceptors (Lipinski definition) is 9. The maximum Gasteiger partial charge on any atom is 0.411 e. The molecule has 58 heavy (non-hydrogen) atoms. The molecule has 3 amide bonds. The Balaban J connectivity index is 0.815. The molecule has 1 aromatic heterocycles. The number of carbonyl (C=O) groups is 3. The molecule has 13 nitrogen and oxygen atoms in total. The van der Waals surface area contributed by atoms with Crippen LogP contribution in [0.1, 0.15) is 55.8 Å². The maximum atomic E-state index is 12.8. The van der Waals surface area contributed by atoms with Crippen molar-refractivity contribution < 1.29 is 29.3 Å². The Morgan fingerprint density at radius 3 is 2.40 bits per heavy atom. The van der Waals surface area contributed by atoms with Gasteiger partial charge in [0, 0.05) is 81.9 Å². The van der Waals surface area contributed by atoms with Crippen LogP contribution in [0.2, 0.25) is 0 Å². The number of aliphatic hydroxyl groups excluding tert-OH is 1. The zero-order valence-electron chi connectivity index (χ0n) is 32.8. The van der Waals surface area contributed by atoms with E-state index in [-0.39, 0.29) is 35.8 Å². The Morgan fingerprint density at radius 1 is 0.879 bits per heavy atom. The van der Waals surface area contributed by atoms with Crippen LogP contribution in [0.4, 0.5) is 16.2 Å². The number of anilines is 2. The molecule has 5 aromatic rings. The van der Waals surface area contributed by atoms with E-state index in [1.54, 1.807) is 24.1 Å². The summed E-state index contributed by atoms with van der Waals surface area (Å²) < 4.78 is 5.75. The number of piperidine rings is 1. The number of ether oxygens (including phenoxy) is 1. The van der Waals surface area contributed by atoms with Gasteiger partial charge in [0.1, 0.15) is 11.9 Å². The van der Waals surface area contributed by atoms with Gasteiger partial charge in [0.2, 0.25) is 17.4 Å². The van der Waals surface area contributed by atoms with Crippen LogP contribution in [0.5, 0.6) is 5.75 Å². The molecule has 4 aromatic carbocycles. The lowest BCUT2D eigenvalue weighted by Crippen LogP contribution is -2.40. The SMILES string of the molecule is CN(CCCCC(=O)Nc1ccc(CNC[C@@H](O)c2ccc(O)c3[nH]c(=O)ccc23)cc1)C(=O)CCN1CCC(OC(=O)Nc2ccccc2-c2ccccc2)CC1. The van der Waals surface area contributed by atoms with Crippen molar-refractivity contribution in [3.63, 3.8) is 0 Å². The van der Waals surface area contributed by atoms with E-state index >= 15 is 0 Å². The summed E-state index contributed by atoms with van der Waals surface area (Å²) in [5.74, 6) is -0.0829. The van der Waals surface area contributed by atoms with Crippen LogP contribution < -0.4 is 21.5 Å². The second kappa shape index (κ2) is 20.4. The lowest BCUT2D eigenvalue weighted by molar-refractivity contribution is -0.130. The van der Waals surface area contributed by atoms with E-state index in [0.717, 1.165) is 29.8 Å². The third-order valence-electron chi connectivity index (χ3n) is 10.4. The molecule has 6 N–H and O–H groups in total. The molecule has 1 aliphatic rings. The average Bonchev–Trinajstić information content (AvgIpc) is 3.23. The molecule has 0 bridgehead atoms. The van der Waals surface area contributed by atoms with E-state index in [1.165, 1.54) is 12.1 Å². The van der Waals surface area contributed by atoms with Gasteiger partial charge in [-0.1, -0.05) is 66.7 Å². The lowest BCUT2D eigenvalue weighted by Gasteiger charge is -2.31. The summed E-state index contributed by atoms with van der Waals surface area (Å²) in [7, 11) is 1.80. The summed E-state index contributed by atoms with van der Waals surface area (Å²) in [6, 6.07) is 31.1. The van der Waals surface area contributed by atoms with Crippen molar-refractivity contribution in [2.75, 3.05) is 50.4 Å². The van der Waals surface area contributed by atoms with Gasteiger partial charge in [-0.15, -0.1) is 0 Å². The van der Waals surface area contributed by atoms with Crippen molar-refractivity contribution in [3.8, 4) is 16.9 Å². The van der Waals surface area contributed by atoms with E-state index in [4.69, 9.17) is 4.74 Å². The second-order valence-corrected chi connectivity index (χ2v) is 14.7. The predicted octanol–water partition coefficient (Wildman–Crippen LogP) is 6.39. The lowest BCUT2D eigenvalue weighted by atomic mass is 10.0. The number of hydrogen-bond donors (Lipinski definition) is 6. The van der Waals surface area contributed by atoms with Crippen LogP contribution in [-0.2, 0) is 20.9 Å². The summed E-state index contributed by atoms with van der Waals surface area (Å²) >= 11 is 0. The van der Waals surface area contributed by atoms with Crippen molar-refractivity contribution in [1.29, 1.82) is 0 Å². The quantitative estimate of drug-likeness (QED) is 0.0583. The van der Waals surface area contributed by atoms with E-state index in [2.05, 4.69) is 25.8 Å². The smallest absolute Gasteiger partial charge is 0.411 e. The predicted molar refractivity (Wildman–Crippen MR) is 226 cm³/mol. The molecule has 0 aliphatic carbocycles. The number of likely N-dealkylation sites (tertiary alicyclic amines) is 1. The third-order valence-corrected chi connectivity index (χ3v) is 10.4. The zero-order valence-corrected chi connectivity index (χ0v) is 32.8. The zero-order chi connectivity index (χ0) is 40.9. The number of fused-ring (bicyclic) bond motifs is 1. The van der Waals surface area contributed by atoms with Crippen LogP contribution >= 0.6 is 0 Å². The fourth-order valence-electron chi connectivity index (χ4n) is 7.15. The number of para-hydroxylation sites is 1. The Hall–Kier alpha value is -6.02. The van der Waals surface area contributed by atoms with Crippen molar-refractivity contribution >= 4 is 40.2 Å². The molecule has 0 saturated carbocycles. The minimum atomic E-state index is -0.862. The Bertz CT molecular complexity index is 2200. The number of aromatic nitrogens is 1. The number of aromatic amines is 1. The van der Waals surface area contributed by atoms with Gasteiger partial charge in [-0.25, -0.2) is 4.79 Å². The first kappa shape index (κ1) is 41.6. The largest absolute Gasteiger partial charge is 0.506 e. The average molecular weight is 789 g/mol. The number of nitrogens with one attached hydrogen (secondary N) is 4. The highest BCUT2D eigenvalue weighted by Crippen LogP contribution is 2.29. The first-order valence-corrected chi connectivity index (χ1v) is 19.8. The molecule has 0 spiro atoms. The Morgan fingerprint density at radius 2 is 1.62 bits per heavy atom. The number of nitrogens with zero attached hydrogens (tertiary/aromatic N) is 2. The number of phenols is 1. The van der Waals surface area contributed by atoms with Crippen LogP contribution in [0.25, 0.3) is 22.0 Å². The number of aromatic hydroxyl groups is 1. The van der Waals surface area contributed by atoms with Crippen LogP contribution in [0.15, 0.2) is 108 Å². The number of H-pyrrole nitrogens is 1. The molecule has 1 aliphatic heterocycles. The van der Waals surface area contributed by atoms with Gasteiger partial charge < -0.3 is 40.4 Å². The van der Waals surface area contributed by atoms with Gasteiger partial charge in [0.05, 0.1) is 17.3 Å². The van der Waals surface area contributed by atoms with Crippen LogP contribution in [0, 0.1) is 0 Å². The molecule has 1 saturated heterocycles. The molecule has 304 valence electrons. The van der Waals surface area contributed by atoms with Crippen molar-refractivity contribution in [3.05, 3.63) is 125 Å². The molecule has 0 unspecified atom stereocenters. The molecule has 2 heterocycles. The Labute approximate surface area is 338 Å². The number of pyridine rings is 1. The van der Waals surface area contributed by atoms with Crippen LogP contribution in [0.3, 0.4) is 0 Å². The van der Waals surface area contributed by atoms with E-state index in [9.17, 15) is 29.4 Å². The highest BCUT2D eigenvalue weighted by atomic mass is 16.6. The van der Waals surface area contributed by atoms with Crippen molar-refractivity contribution in [1.82, 2.24) is 20.1 Å². The summed E-state index contributed by atoms with van der Waals surface area (Å²) in [4.78, 5) is 56.4. The van der Waals surface area contributed by atoms with Crippen molar-refractivity contribution in [2.24, 2.45) is 0 Å². The van der Waals surface area contributed by atoms with Gasteiger partial charge >= 0.3 is 6.09 Å². The third kappa shape index (κ3) is 11.8. The molecule has 6 rings (SSSR count). The van der Waals surface area contributed by atoms with Gasteiger partial charge in [-0.3, -0.25) is 19.7 Å². The summed E-state index contributed by atoms with van der Waals surface area (Å²) in [5, 5.41) is 30.5. The Kier molecular flexibility index (Phi) is 14.6. The minimum absolute atomic E-state index is 0.0570. The summed E-state index contributed by atoms with van der Waals surface area (Å²) in [5.41, 5.74) is 4.86. The van der Waals surface area contributed by atoms with Crippen LogP contribution in [-0.4, -0.2) is 88.8 Å². The number of carbonyl (C=O) groups excluding carboxylic acids is 3. The number of phenolic OH excluding ortho intramolecular Hbond substituents is 1. The number of benzene rings is 4. The maximum absolute atomic E-state index is 12.8. The van der Waals surface area contributed by atoms with Gasteiger partial charge in [-0.05, 0) is 72.7 Å². The summed E-state index contributed by atoms with van der Waals surface area (Å²) in [6.07, 6.45) is 2.03. The first-order chi connectivity index (χ1) is 28.1. The molecule has 1 atom stereocenters. The summed E-state index contributed by atoms with van der Waals surface area (Å²) in [6.45, 7) is 3.46. The molecule has 0 radical (unpaired) electrons. The van der Waals surface area contributed by atoms with E-state index in [1.807, 2.05) is 78.9 Å². The van der Waals surface area contributed by atoms with Gasteiger partial charge in [0.25, 0.3) is 0 Å². The molecule has 1 fully saturated rings. The van der Waals surface area contributed by atoms with Gasteiger partial charge in [-0.2, -0.15) is 0 Å². The number of rotatable bonds is 17. The molecular weight excluding hydrogens is 737 g/mol. The molecule has 13 heteroatoms. The fraction of sp³-hybridized carbons (Fsp3) is 0.333. The van der Waals surface area contributed by atoms with E-state index < -0.39 is 12.2 Å². The number of aliphatic hydroxyl groups is 1. The monoisotopic (exact) mass is 788 g/mol. The first-order valence-electron chi connectivity index (χ1n) is 19.8. The standard InChI is InChI=1S/C45H52N6O7/c1-50(43(56)24-28-51-26-22-34(23-27-51)58-45(57)48-38-12-6-5-11-35(38)32-9-3-2-4-10-32)25-8-7-13-41(54)47-33-16-14-31(15-17-33)29-46-30-40(53)36-18-20-39(52)44-37(36)19-21-42(55)49-44/h2-6,9-12,14-21,34,40,46,52-53H,7-8,13,22-30H2,1H3,(H,47,54)(H,48,57)(H,49,55)/t40-/m1/s1. The topological polar surface area (TPSA) is 176 Å². The van der Waals surface area contributed by atoms with Crippen molar-refractivity contribution in [2.45, 2.75) is 57.3 Å². The van der Waals surface area contributed by atoms with E-state index in [0.29, 0.717) is 86.0 Å². The minimum Gasteiger partial charge on any atom is -0.506 e. The van der Waals surface area contributed by atoms with Gasteiger partial charge in [0.15, 0.2) is 0 Å². The number of amides is 3. The fourth-order valence-corrected chi connectivity index (χ4v) is 7.15. The second-order valence-electron chi connectivity index (χ2n) is 14.7. The number of unbranched alkanes of at least 4 members (excludes halogenated alkanes) is 1.